The lowest BCUT2D eigenvalue weighted by Crippen LogP contribution is -2.22. The molecule has 0 aliphatic heterocycles. The quantitative estimate of drug-likeness (QED) is 0.531. The van der Waals surface area contributed by atoms with Gasteiger partial charge in [0.1, 0.15) is 0 Å². The summed E-state index contributed by atoms with van der Waals surface area (Å²) in [7, 11) is 0. The van der Waals surface area contributed by atoms with Crippen LogP contribution >= 0.6 is 0 Å². The van der Waals surface area contributed by atoms with Crippen LogP contribution in [-0.2, 0) is 9.59 Å². The standard InChI is InChI=1S/C14H18N2O3/c1-11(18)16-13-6-3-12(4-7-13)5-8-14(19)15-9-2-10-17/h3-8,17H,2,9-10H2,1H3,(H,15,19)(H,16,18)/b8-5+. The summed E-state index contributed by atoms with van der Waals surface area (Å²) in [5.74, 6) is -0.314. The molecule has 3 N–H and O–H groups in total. The topological polar surface area (TPSA) is 78.4 Å². The van der Waals surface area contributed by atoms with Crippen molar-refractivity contribution in [3.63, 3.8) is 0 Å². The largest absolute Gasteiger partial charge is 0.396 e. The van der Waals surface area contributed by atoms with E-state index in [9.17, 15) is 9.59 Å². The van der Waals surface area contributed by atoms with Crippen molar-refractivity contribution in [2.45, 2.75) is 13.3 Å². The van der Waals surface area contributed by atoms with E-state index < -0.39 is 0 Å². The number of benzene rings is 1. The third kappa shape index (κ3) is 6.38. The molecule has 0 saturated carbocycles. The average Bonchev–Trinajstić information content (AvgIpc) is 2.37. The highest BCUT2D eigenvalue weighted by Gasteiger charge is 1.96. The number of hydrogen-bond donors (Lipinski definition) is 3. The fourth-order valence-corrected chi connectivity index (χ4v) is 1.40. The van der Waals surface area contributed by atoms with Gasteiger partial charge >= 0.3 is 0 Å². The lowest BCUT2D eigenvalue weighted by atomic mass is 10.2. The van der Waals surface area contributed by atoms with Crippen molar-refractivity contribution in [3.05, 3.63) is 35.9 Å². The molecular weight excluding hydrogens is 244 g/mol. The molecule has 102 valence electrons. The maximum Gasteiger partial charge on any atom is 0.244 e. The van der Waals surface area contributed by atoms with Crippen LogP contribution in [0.25, 0.3) is 6.08 Å². The highest BCUT2D eigenvalue weighted by atomic mass is 16.3. The van der Waals surface area contributed by atoms with Crippen molar-refractivity contribution in [1.82, 2.24) is 5.32 Å². The third-order valence-corrected chi connectivity index (χ3v) is 2.29. The predicted octanol–water partition coefficient (Wildman–Crippen LogP) is 1.16. The van der Waals surface area contributed by atoms with E-state index in [1.165, 1.54) is 13.0 Å². The number of nitrogens with one attached hydrogen (secondary N) is 2. The molecule has 0 bridgehead atoms. The van der Waals surface area contributed by atoms with Crippen molar-refractivity contribution >= 4 is 23.6 Å². The minimum Gasteiger partial charge on any atom is -0.396 e. The van der Waals surface area contributed by atoms with Gasteiger partial charge in [0.25, 0.3) is 0 Å². The first-order chi connectivity index (χ1) is 9.11. The fourth-order valence-electron chi connectivity index (χ4n) is 1.40. The lowest BCUT2D eigenvalue weighted by Gasteiger charge is -2.02. The summed E-state index contributed by atoms with van der Waals surface area (Å²) in [5.41, 5.74) is 1.59. The molecular formula is C14H18N2O3. The summed E-state index contributed by atoms with van der Waals surface area (Å²) in [4.78, 5) is 22.2. The summed E-state index contributed by atoms with van der Waals surface area (Å²) in [5, 5.41) is 13.9. The van der Waals surface area contributed by atoms with Gasteiger partial charge in [0.2, 0.25) is 11.8 Å². The van der Waals surface area contributed by atoms with E-state index in [-0.39, 0.29) is 18.4 Å². The number of hydrogen-bond acceptors (Lipinski definition) is 3. The van der Waals surface area contributed by atoms with Gasteiger partial charge in [-0.3, -0.25) is 9.59 Å². The van der Waals surface area contributed by atoms with Crippen molar-refractivity contribution in [1.29, 1.82) is 0 Å². The zero-order chi connectivity index (χ0) is 14.1. The van der Waals surface area contributed by atoms with Gasteiger partial charge in [0.05, 0.1) is 0 Å². The van der Waals surface area contributed by atoms with Crippen LogP contribution in [-0.4, -0.2) is 30.1 Å². The van der Waals surface area contributed by atoms with Gasteiger partial charge in [-0.2, -0.15) is 0 Å². The molecule has 0 aliphatic rings. The Morgan fingerprint density at radius 2 is 1.95 bits per heavy atom. The smallest absolute Gasteiger partial charge is 0.244 e. The van der Waals surface area contributed by atoms with Crippen molar-refractivity contribution in [2.75, 3.05) is 18.5 Å². The Labute approximate surface area is 112 Å². The zero-order valence-corrected chi connectivity index (χ0v) is 10.8. The molecule has 19 heavy (non-hydrogen) atoms. The number of amides is 2. The van der Waals surface area contributed by atoms with E-state index in [2.05, 4.69) is 10.6 Å². The van der Waals surface area contributed by atoms with Crippen LogP contribution in [0.2, 0.25) is 0 Å². The number of rotatable bonds is 6. The van der Waals surface area contributed by atoms with Gasteiger partial charge in [-0.15, -0.1) is 0 Å². The maximum absolute atomic E-state index is 11.4. The Morgan fingerprint density at radius 1 is 1.26 bits per heavy atom. The summed E-state index contributed by atoms with van der Waals surface area (Å²) in [6.07, 6.45) is 3.67. The second-order valence-electron chi connectivity index (χ2n) is 4.00. The normalized spacial score (nSPS) is 10.4. The lowest BCUT2D eigenvalue weighted by molar-refractivity contribution is -0.116. The minimum atomic E-state index is -0.195. The van der Waals surface area contributed by atoms with E-state index in [1.807, 2.05) is 12.1 Å². The van der Waals surface area contributed by atoms with E-state index in [1.54, 1.807) is 18.2 Å². The van der Waals surface area contributed by atoms with Gasteiger partial charge in [-0.1, -0.05) is 12.1 Å². The van der Waals surface area contributed by atoms with E-state index in [0.717, 1.165) is 11.3 Å². The van der Waals surface area contributed by atoms with Gasteiger partial charge in [0.15, 0.2) is 0 Å². The van der Waals surface area contributed by atoms with Crippen LogP contribution in [0.5, 0.6) is 0 Å². The van der Waals surface area contributed by atoms with Crippen molar-refractivity contribution in [3.8, 4) is 0 Å². The molecule has 0 radical (unpaired) electrons. The van der Waals surface area contributed by atoms with Crippen LogP contribution < -0.4 is 10.6 Å². The number of carbonyl (C=O) groups excluding carboxylic acids is 2. The van der Waals surface area contributed by atoms with E-state index >= 15 is 0 Å². The molecule has 0 saturated heterocycles. The second-order valence-corrected chi connectivity index (χ2v) is 4.00. The monoisotopic (exact) mass is 262 g/mol. The number of carbonyl (C=O) groups is 2. The Hall–Kier alpha value is -2.14. The number of aliphatic hydroxyl groups is 1. The predicted molar refractivity (Wildman–Crippen MR) is 74.5 cm³/mol. The average molecular weight is 262 g/mol. The van der Waals surface area contributed by atoms with Crippen LogP contribution in [0.15, 0.2) is 30.3 Å². The van der Waals surface area contributed by atoms with E-state index in [4.69, 9.17) is 5.11 Å². The first-order valence-corrected chi connectivity index (χ1v) is 6.06. The summed E-state index contributed by atoms with van der Waals surface area (Å²) in [6.45, 7) is 1.97. The van der Waals surface area contributed by atoms with E-state index in [0.29, 0.717) is 13.0 Å². The zero-order valence-electron chi connectivity index (χ0n) is 10.8. The Balaban J connectivity index is 2.48. The molecule has 1 aromatic rings. The van der Waals surface area contributed by atoms with Crippen LogP contribution in [0.4, 0.5) is 5.69 Å². The number of anilines is 1. The molecule has 0 aromatic heterocycles. The van der Waals surface area contributed by atoms with Crippen molar-refractivity contribution in [2.24, 2.45) is 0 Å². The third-order valence-electron chi connectivity index (χ3n) is 2.29. The van der Waals surface area contributed by atoms with Crippen LogP contribution in [0.3, 0.4) is 0 Å². The van der Waals surface area contributed by atoms with Gasteiger partial charge in [-0.25, -0.2) is 0 Å². The molecule has 0 atom stereocenters. The highest BCUT2D eigenvalue weighted by Crippen LogP contribution is 2.10. The fraction of sp³-hybridized carbons (Fsp3) is 0.286. The first kappa shape index (κ1) is 14.9. The molecule has 0 fully saturated rings. The molecule has 0 heterocycles. The number of aliphatic hydroxyl groups excluding tert-OH is 1. The molecule has 1 aromatic carbocycles. The summed E-state index contributed by atoms with van der Waals surface area (Å²) in [6, 6.07) is 7.15. The Morgan fingerprint density at radius 3 is 2.53 bits per heavy atom. The van der Waals surface area contributed by atoms with Crippen LogP contribution in [0.1, 0.15) is 18.9 Å². The minimum absolute atomic E-state index is 0.0641. The Kier molecular flexibility index (Phi) is 6.32. The maximum atomic E-state index is 11.4. The second kappa shape index (κ2) is 8.05. The summed E-state index contributed by atoms with van der Waals surface area (Å²) < 4.78 is 0. The summed E-state index contributed by atoms with van der Waals surface area (Å²) >= 11 is 0. The van der Waals surface area contributed by atoms with Gasteiger partial charge < -0.3 is 15.7 Å². The molecule has 5 heteroatoms. The molecule has 0 unspecified atom stereocenters. The van der Waals surface area contributed by atoms with Gasteiger partial charge in [-0.05, 0) is 30.2 Å². The molecule has 2 amide bonds. The van der Waals surface area contributed by atoms with Gasteiger partial charge in [0, 0.05) is 31.8 Å². The highest BCUT2D eigenvalue weighted by molar-refractivity contribution is 5.92. The first-order valence-electron chi connectivity index (χ1n) is 6.06. The SMILES string of the molecule is CC(=O)Nc1ccc(/C=C/C(=O)NCCCO)cc1. The van der Waals surface area contributed by atoms with Crippen molar-refractivity contribution < 1.29 is 14.7 Å². The molecule has 1 rings (SSSR count). The molecule has 5 nitrogen and oxygen atoms in total. The molecule has 0 spiro atoms. The molecule has 0 aliphatic carbocycles. The van der Waals surface area contributed by atoms with Crippen LogP contribution in [0, 0.1) is 0 Å². The Bertz CT molecular complexity index is 452.